The SMILES string of the molecule is C#CCN1C(=O)N(c2ccc(C(=O)c3ccccc3)cc2)C(=O)C12CCNCC2. The predicted molar refractivity (Wildman–Crippen MR) is 110 cm³/mol. The molecule has 29 heavy (non-hydrogen) atoms. The average molecular weight is 387 g/mol. The molecule has 146 valence electrons. The third-order valence-electron chi connectivity index (χ3n) is 5.64. The van der Waals surface area contributed by atoms with Crippen molar-refractivity contribution >= 4 is 23.4 Å². The smallest absolute Gasteiger partial charge is 0.317 e. The second kappa shape index (κ2) is 7.53. The van der Waals surface area contributed by atoms with Crippen LogP contribution in [0.5, 0.6) is 0 Å². The topological polar surface area (TPSA) is 69.7 Å². The maximum Gasteiger partial charge on any atom is 0.333 e. The number of anilines is 1. The van der Waals surface area contributed by atoms with Crippen LogP contribution < -0.4 is 10.2 Å². The molecule has 0 aliphatic carbocycles. The second-order valence-electron chi connectivity index (χ2n) is 7.24. The van der Waals surface area contributed by atoms with Crippen LogP contribution in [-0.4, -0.2) is 47.8 Å². The largest absolute Gasteiger partial charge is 0.333 e. The van der Waals surface area contributed by atoms with Gasteiger partial charge in [-0.25, -0.2) is 9.69 Å². The van der Waals surface area contributed by atoms with E-state index in [0.717, 1.165) is 0 Å². The van der Waals surface area contributed by atoms with Gasteiger partial charge in [0.1, 0.15) is 5.54 Å². The molecule has 1 spiro atoms. The van der Waals surface area contributed by atoms with Gasteiger partial charge in [0, 0.05) is 11.1 Å². The van der Waals surface area contributed by atoms with Gasteiger partial charge in [0.2, 0.25) is 0 Å². The number of carbonyl (C=O) groups excluding carboxylic acids is 3. The van der Waals surface area contributed by atoms with E-state index in [1.54, 1.807) is 36.4 Å². The Kier molecular flexibility index (Phi) is 4.91. The number of imide groups is 1. The van der Waals surface area contributed by atoms with Crippen LogP contribution in [0.4, 0.5) is 10.5 Å². The lowest BCUT2D eigenvalue weighted by Gasteiger charge is -2.37. The van der Waals surface area contributed by atoms with E-state index in [4.69, 9.17) is 6.42 Å². The molecule has 2 aromatic carbocycles. The average Bonchev–Trinajstić information content (AvgIpc) is 2.96. The number of rotatable bonds is 4. The number of hydrogen-bond donors (Lipinski definition) is 1. The maximum absolute atomic E-state index is 13.3. The van der Waals surface area contributed by atoms with Crippen LogP contribution in [0, 0.1) is 12.3 Å². The van der Waals surface area contributed by atoms with Crippen LogP contribution in [0.15, 0.2) is 54.6 Å². The summed E-state index contributed by atoms with van der Waals surface area (Å²) in [5.41, 5.74) is 0.633. The Morgan fingerprint density at radius 1 is 1.00 bits per heavy atom. The van der Waals surface area contributed by atoms with E-state index < -0.39 is 11.6 Å². The number of hydrogen-bond acceptors (Lipinski definition) is 4. The molecule has 0 aromatic heterocycles. The van der Waals surface area contributed by atoms with Crippen LogP contribution in [0.2, 0.25) is 0 Å². The Labute approximate surface area is 169 Å². The molecule has 0 saturated carbocycles. The van der Waals surface area contributed by atoms with Crippen LogP contribution in [0.25, 0.3) is 0 Å². The molecule has 2 saturated heterocycles. The number of nitrogens with zero attached hydrogens (tertiary/aromatic N) is 2. The van der Waals surface area contributed by atoms with Gasteiger partial charge >= 0.3 is 6.03 Å². The van der Waals surface area contributed by atoms with Crippen molar-refractivity contribution in [3.8, 4) is 12.3 Å². The Balaban J connectivity index is 1.64. The number of benzene rings is 2. The third kappa shape index (κ3) is 3.10. The second-order valence-corrected chi connectivity index (χ2v) is 7.24. The van der Waals surface area contributed by atoms with Crippen LogP contribution in [0.1, 0.15) is 28.8 Å². The van der Waals surface area contributed by atoms with Crippen molar-refractivity contribution in [2.75, 3.05) is 24.5 Å². The molecular weight excluding hydrogens is 366 g/mol. The zero-order valence-electron chi connectivity index (χ0n) is 15.9. The quantitative estimate of drug-likeness (QED) is 0.497. The number of carbonyl (C=O) groups is 3. The van der Waals surface area contributed by atoms with E-state index in [1.807, 2.05) is 18.2 Å². The number of nitrogens with one attached hydrogen (secondary N) is 1. The molecule has 2 aromatic rings. The summed E-state index contributed by atoms with van der Waals surface area (Å²) in [6, 6.07) is 15.1. The summed E-state index contributed by atoms with van der Waals surface area (Å²) in [4.78, 5) is 41.7. The van der Waals surface area contributed by atoms with Crippen LogP contribution in [0.3, 0.4) is 0 Å². The highest BCUT2D eigenvalue weighted by Crippen LogP contribution is 2.38. The van der Waals surface area contributed by atoms with Crippen molar-refractivity contribution in [1.82, 2.24) is 10.2 Å². The van der Waals surface area contributed by atoms with Crippen LogP contribution >= 0.6 is 0 Å². The summed E-state index contributed by atoms with van der Waals surface area (Å²) in [7, 11) is 0. The van der Waals surface area contributed by atoms with Crippen molar-refractivity contribution < 1.29 is 14.4 Å². The van der Waals surface area contributed by atoms with Crippen molar-refractivity contribution in [3.63, 3.8) is 0 Å². The first-order valence-corrected chi connectivity index (χ1v) is 9.59. The Bertz CT molecular complexity index is 986. The van der Waals surface area contributed by atoms with Crippen molar-refractivity contribution in [2.24, 2.45) is 0 Å². The minimum absolute atomic E-state index is 0.0889. The van der Waals surface area contributed by atoms with Crippen molar-refractivity contribution in [2.45, 2.75) is 18.4 Å². The monoisotopic (exact) mass is 387 g/mol. The zero-order chi connectivity index (χ0) is 20.4. The predicted octanol–water partition coefficient (Wildman–Crippen LogP) is 2.44. The lowest BCUT2D eigenvalue weighted by molar-refractivity contribution is -0.126. The van der Waals surface area contributed by atoms with Gasteiger partial charge in [0.25, 0.3) is 5.91 Å². The number of ketones is 1. The molecule has 2 aliphatic rings. The lowest BCUT2D eigenvalue weighted by atomic mass is 9.86. The zero-order valence-corrected chi connectivity index (χ0v) is 15.9. The molecule has 0 unspecified atom stereocenters. The molecule has 0 radical (unpaired) electrons. The molecule has 2 aliphatic heterocycles. The first-order valence-electron chi connectivity index (χ1n) is 9.59. The Morgan fingerprint density at radius 2 is 1.62 bits per heavy atom. The lowest BCUT2D eigenvalue weighted by Crippen LogP contribution is -2.55. The van der Waals surface area contributed by atoms with Gasteiger partial charge < -0.3 is 5.32 Å². The molecular formula is C23H21N3O3. The molecule has 2 fully saturated rings. The third-order valence-corrected chi connectivity index (χ3v) is 5.64. The maximum atomic E-state index is 13.3. The van der Waals surface area contributed by atoms with Crippen molar-refractivity contribution in [3.05, 3.63) is 65.7 Å². The van der Waals surface area contributed by atoms with E-state index in [9.17, 15) is 14.4 Å². The van der Waals surface area contributed by atoms with E-state index in [1.165, 1.54) is 9.80 Å². The minimum Gasteiger partial charge on any atom is -0.317 e. The number of terminal acetylenes is 1. The summed E-state index contributed by atoms with van der Waals surface area (Å²) in [5.74, 6) is 2.15. The number of amides is 3. The number of urea groups is 1. The summed E-state index contributed by atoms with van der Waals surface area (Å²) >= 11 is 0. The van der Waals surface area contributed by atoms with E-state index in [0.29, 0.717) is 42.7 Å². The molecule has 4 rings (SSSR count). The van der Waals surface area contributed by atoms with E-state index in [2.05, 4.69) is 11.2 Å². The first-order chi connectivity index (χ1) is 14.1. The van der Waals surface area contributed by atoms with Crippen LogP contribution in [-0.2, 0) is 4.79 Å². The summed E-state index contributed by atoms with van der Waals surface area (Å²) in [6.07, 6.45) is 6.53. The van der Waals surface area contributed by atoms with Gasteiger partial charge in [0.15, 0.2) is 5.78 Å². The summed E-state index contributed by atoms with van der Waals surface area (Å²) < 4.78 is 0. The van der Waals surface area contributed by atoms with Gasteiger partial charge in [-0.15, -0.1) is 6.42 Å². The van der Waals surface area contributed by atoms with Gasteiger partial charge in [-0.1, -0.05) is 36.3 Å². The highest BCUT2D eigenvalue weighted by Gasteiger charge is 2.57. The number of piperidine rings is 1. The molecule has 1 N–H and O–H groups in total. The van der Waals surface area contributed by atoms with Gasteiger partial charge in [-0.05, 0) is 50.2 Å². The minimum atomic E-state index is -0.896. The summed E-state index contributed by atoms with van der Waals surface area (Å²) in [6.45, 7) is 1.39. The molecule has 2 heterocycles. The Morgan fingerprint density at radius 3 is 2.24 bits per heavy atom. The van der Waals surface area contributed by atoms with Gasteiger partial charge in [0.05, 0.1) is 12.2 Å². The molecule has 6 nitrogen and oxygen atoms in total. The Hall–Kier alpha value is -3.43. The van der Waals surface area contributed by atoms with E-state index >= 15 is 0 Å². The van der Waals surface area contributed by atoms with Crippen molar-refractivity contribution in [1.29, 1.82) is 0 Å². The fraction of sp³-hybridized carbons (Fsp3) is 0.261. The molecule has 6 heteroatoms. The van der Waals surface area contributed by atoms with Gasteiger partial charge in [-0.2, -0.15) is 0 Å². The summed E-state index contributed by atoms with van der Waals surface area (Å²) in [5, 5.41) is 3.23. The van der Waals surface area contributed by atoms with E-state index in [-0.39, 0.29) is 18.2 Å². The normalized spacial score (nSPS) is 18.2. The fourth-order valence-corrected chi connectivity index (χ4v) is 4.09. The highest BCUT2D eigenvalue weighted by atomic mass is 16.2. The first kappa shape index (κ1) is 18.9. The molecule has 0 atom stereocenters. The standard InChI is InChI=1S/C23H21N3O3/c1-2-16-25-22(29)26(21(28)23(25)12-14-24-15-13-23)19-10-8-18(9-11-19)20(27)17-6-4-3-5-7-17/h1,3-11,24H,12-16H2. The molecule has 3 amide bonds. The fourth-order valence-electron chi connectivity index (χ4n) is 4.09. The van der Waals surface area contributed by atoms with Gasteiger partial charge in [-0.3, -0.25) is 14.5 Å². The molecule has 0 bridgehead atoms. The highest BCUT2D eigenvalue weighted by molar-refractivity contribution is 6.23.